The van der Waals surface area contributed by atoms with Gasteiger partial charge in [0.05, 0.1) is 10.2 Å². The number of halogens is 1. The molecule has 0 bridgehead atoms. The highest BCUT2D eigenvalue weighted by Gasteiger charge is 2.29. The van der Waals surface area contributed by atoms with Crippen LogP contribution in [0, 0.1) is 5.92 Å². The van der Waals surface area contributed by atoms with Crippen molar-refractivity contribution >= 4 is 48.5 Å². The minimum atomic E-state index is 0.177. The highest BCUT2D eigenvalue weighted by molar-refractivity contribution is 9.10. The normalized spacial score (nSPS) is 15.7. The largest absolute Gasteiger partial charge is 0.308 e. The number of fused-ring (bicyclic) bond motifs is 1. The maximum atomic E-state index is 13.0. The molecule has 1 aromatic carbocycles. The zero-order valence-electron chi connectivity index (χ0n) is 13.6. The zero-order chi connectivity index (χ0) is 16.4. The number of benzene rings is 1. The molecule has 4 nitrogen and oxygen atoms in total. The van der Waals surface area contributed by atoms with E-state index in [1.165, 1.54) is 12.8 Å². The lowest BCUT2D eigenvalue weighted by Crippen LogP contribution is -2.39. The van der Waals surface area contributed by atoms with Crippen LogP contribution < -0.4 is 4.90 Å². The maximum absolute atomic E-state index is 13.0. The molecule has 1 saturated carbocycles. The Labute approximate surface area is 149 Å². The SMILES string of the molecule is CN(C)CCN(C(=O)C1CCCC1)c1nc2ccc(Br)cc2s1. The molecule has 0 saturated heterocycles. The van der Waals surface area contributed by atoms with Gasteiger partial charge >= 0.3 is 0 Å². The first-order chi connectivity index (χ1) is 11.0. The van der Waals surface area contributed by atoms with Gasteiger partial charge in [0.2, 0.25) is 5.91 Å². The van der Waals surface area contributed by atoms with E-state index < -0.39 is 0 Å². The molecule has 0 spiro atoms. The summed E-state index contributed by atoms with van der Waals surface area (Å²) in [6.07, 6.45) is 4.39. The fourth-order valence-corrected chi connectivity index (χ4v) is 4.54. The first kappa shape index (κ1) is 16.9. The average molecular weight is 396 g/mol. The Kier molecular flexibility index (Phi) is 5.34. The monoisotopic (exact) mass is 395 g/mol. The highest BCUT2D eigenvalue weighted by Crippen LogP contribution is 2.34. The van der Waals surface area contributed by atoms with Gasteiger partial charge in [-0.1, -0.05) is 40.1 Å². The summed E-state index contributed by atoms with van der Waals surface area (Å²) in [4.78, 5) is 21.7. The number of nitrogens with zero attached hydrogens (tertiary/aromatic N) is 3. The van der Waals surface area contributed by atoms with Crippen LogP contribution in [0.4, 0.5) is 5.13 Å². The molecule has 23 heavy (non-hydrogen) atoms. The van der Waals surface area contributed by atoms with Gasteiger partial charge in [0.25, 0.3) is 0 Å². The number of rotatable bonds is 5. The van der Waals surface area contributed by atoms with Crippen LogP contribution in [0.15, 0.2) is 22.7 Å². The molecule has 1 aliphatic carbocycles. The second-order valence-corrected chi connectivity index (χ2v) is 8.31. The van der Waals surface area contributed by atoms with E-state index in [0.717, 1.165) is 39.2 Å². The quantitative estimate of drug-likeness (QED) is 0.762. The lowest BCUT2D eigenvalue weighted by Gasteiger charge is -2.24. The first-order valence-corrected chi connectivity index (χ1v) is 9.68. The van der Waals surface area contributed by atoms with Crippen molar-refractivity contribution in [2.45, 2.75) is 25.7 Å². The Balaban J connectivity index is 1.89. The van der Waals surface area contributed by atoms with E-state index in [1.54, 1.807) is 11.3 Å². The predicted octanol–water partition coefficient (Wildman–Crippen LogP) is 4.14. The summed E-state index contributed by atoms with van der Waals surface area (Å²) < 4.78 is 2.16. The van der Waals surface area contributed by atoms with Crippen molar-refractivity contribution in [3.05, 3.63) is 22.7 Å². The van der Waals surface area contributed by atoms with Crippen LogP contribution in [0.5, 0.6) is 0 Å². The second-order valence-electron chi connectivity index (χ2n) is 6.38. The van der Waals surface area contributed by atoms with E-state index in [2.05, 4.69) is 26.9 Å². The highest BCUT2D eigenvalue weighted by atomic mass is 79.9. The van der Waals surface area contributed by atoms with E-state index in [-0.39, 0.29) is 11.8 Å². The standard InChI is InChI=1S/C17H22BrN3OS/c1-20(2)9-10-21(16(22)12-5-3-4-6-12)17-19-14-8-7-13(18)11-15(14)23-17/h7-8,11-12H,3-6,9-10H2,1-2H3. The van der Waals surface area contributed by atoms with Crippen LogP contribution >= 0.6 is 27.3 Å². The zero-order valence-corrected chi connectivity index (χ0v) is 16.0. The Morgan fingerprint density at radius 1 is 1.30 bits per heavy atom. The van der Waals surface area contributed by atoms with Crippen molar-refractivity contribution in [2.24, 2.45) is 5.92 Å². The Morgan fingerprint density at radius 3 is 2.74 bits per heavy atom. The summed E-state index contributed by atoms with van der Waals surface area (Å²) in [6, 6.07) is 6.07. The summed E-state index contributed by atoms with van der Waals surface area (Å²) in [5.41, 5.74) is 0.960. The van der Waals surface area contributed by atoms with Gasteiger partial charge in [0.1, 0.15) is 0 Å². The molecule has 0 N–H and O–H groups in total. The molecule has 3 rings (SSSR count). The molecule has 124 valence electrons. The van der Waals surface area contributed by atoms with Crippen molar-refractivity contribution < 1.29 is 4.79 Å². The van der Waals surface area contributed by atoms with Crippen LogP contribution in [0.25, 0.3) is 10.2 Å². The van der Waals surface area contributed by atoms with E-state index in [0.29, 0.717) is 6.54 Å². The Morgan fingerprint density at radius 2 is 2.04 bits per heavy atom. The molecule has 2 aromatic rings. The third-order valence-electron chi connectivity index (χ3n) is 4.31. The molecule has 1 amide bonds. The number of amides is 1. The smallest absolute Gasteiger partial charge is 0.231 e. The van der Waals surface area contributed by atoms with Crippen LogP contribution in [0.3, 0.4) is 0 Å². The van der Waals surface area contributed by atoms with E-state index in [9.17, 15) is 4.79 Å². The van der Waals surface area contributed by atoms with Gasteiger partial charge in [-0.05, 0) is 45.1 Å². The summed E-state index contributed by atoms with van der Waals surface area (Å²) in [5.74, 6) is 0.429. The molecule has 0 unspecified atom stereocenters. The maximum Gasteiger partial charge on any atom is 0.231 e. The molecule has 0 radical (unpaired) electrons. The van der Waals surface area contributed by atoms with Crippen LogP contribution in [0.1, 0.15) is 25.7 Å². The first-order valence-electron chi connectivity index (χ1n) is 8.07. The number of carbonyl (C=O) groups excluding carboxylic acids is 1. The summed E-state index contributed by atoms with van der Waals surface area (Å²) >= 11 is 5.11. The Hall–Kier alpha value is -0.980. The van der Waals surface area contributed by atoms with Crippen LogP contribution in [0.2, 0.25) is 0 Å². The molecule has 0 atom stereocenters. The molecular weight excluding hydrogens is 374 g/mol. The summed E-state index contributed by atoms with van der Waals surface area (Å²) in [7, 11) is 4.07. The fourth-order valence-electron chi connectivity index (χ4n) is 2.99. The Bertz CT molecular complexity index is 694. The molecular formula is C17H22BrN3OS. The van der Waals surface area contributed by atoms with Crippen molar-refractivity contribution in [1.29, 1.82) is 0 Å². The molecule has 6 heteroatoms. The summed E-state index contributed by atoms with van der Waals surface area (Å²) in [6.45, 7) is 1.54. The molecule has 1 aliphatic rings. The number of hydrogen-bond donors (Lipinski definition) is 0. The lowest BCUT2D eigenvalue weighted by molar-refractivity contribution is -0.122. The molecule has 1 heterocycles. The number of likely N-dealkylation sites (N-methyl/N-ethyl adjacent to an activating group) is 1. The van der Waals surface area contributed by atoms with Gasteiger partial charge < -0.3 is 4.90 Å². The summed E-state index contributed by atoms with van der Waals surface area (Å²) in [5, 5.41) is 0.830. The number of hydrogen-bond acceptors (Lipinski definition) is 4. The van der Waals surface area contributed by atoms with Gasteiger partial charge in [-0.25, -0.2) is 4.98 Å². The van der Waals surface area contributed by atoms with E-state index in [1.807, 2.05) is 31.1 Å². The van der Waals surface area contributed by atoms with Crippen molar-refractivity contribution in [1.82, 2.24) is 9.88 Å². The number of aromatic nitrogens is 1. The molecule has 1 fully saturated rings. The topological polar surface area (TPSA) is 36.4 Å². The average Bonchev–Trinajstić information content (AvgIpc) is 3.15. The molecule has 0 aliphatic heterocycles. The second kappa shape index (κ2) is 7.28. The minimum Gasteiger partial charge on any atom is -0.308 e. The van der Waals surface area contributed by atoms with Crippen LogP contribution in [-0.4, -0.2) is 43.0 Å². The van der Waals surface area contributed by atoms with Crippen molar-refractivity contribution in [3.8, 4) is 0 Å². The van der Waals surface area contributed by atoms with Gasteiger partial charge in [-0.2, -0.15) is 0 Å². The van der Waals surface area contributed by atoms with Gasteiger partial charge in [0, 0.05) is 23.5 Å². The van der Waals surface area contributed by atoms with Gasteiger partial charge in [0.15, 0.2) is 5.13 Å². The predicted molar refractivity (Wildman–Crippen MR) is 100 cm³/mol. The third kappa shape index (κ3) is 3.92. The minimum absolute atomic E-state index is 0.177. The van der Waals surface area contributed by atoms with Crippen LogP contribution in [-0.2, 0) is 4.79 Å². The number of carbonyl (C=O) groups is 1. The van der Waals surface area contributed by atoms with Crippen molar-refractivity contribution in [3.63, 3.8) is 0 Å². The fraction of sp³-hybridized carbons (Fsp3) is 0.529. The van der Waals surface area contributed by atoms with Gasteiger partial charge in [-0.3, -0.25) is 9.69 Å². The van der Waals surface area contributed by atoms with E-state index >= 15 is 0 Å². The van der Waals surface area contributed by atoms with Crippen molar-refractivity contribution in [2.75, 3.05) is 32.1 Å². The van der Waals surface area contributed by atoms with Gasteiger partial charge in [-0.15, -0.1) is 0 Å². The molecule has 1 aromatic heterocycles. The lowest BCUT2D eigenvalue weighted by atomic mass is 10.1. The van der Waals surface area contributed by atoms with E-state index in [4.69, 9.17) is 4.98 Å². The third-order valence-corrected chi connectivity index (χ3v) is 5.85. The number of anilines is 1. The number of thiazole rings is 1.